The topological polar surface area (TPSA) is 84.3 Å². The second-order valence-electron chi connectivity index (χ2n) is 5.40. The van der Waals surface area contributed by atoms with Gasteiger partial charge in [-0.05, 0) is 13.8 Å². The lowest BCUT2D eigenvalue weighted by Gasteiger charge is -2.08. The molecule has 0 saturated carbocycles. The van der Waals surface area contributed by atoms with Gasteiger partial charge in [0.15, 0.2) is 11.5 Å². The highest BCUT2D eigenvalue weighted by Crippen LogP contribution is 2.20. The summed E-state index contributed by atoms with van der Waals surface area (Å²) < 4.78 is 1.86. The third kappa shape index (κ3) is 2.40. The molecule has 3 rings (SSSR count). The van der Waals surface area contributed by atoms with Crippen molar-refractivity contribution in [3.63, 3.8) is 0 Å². The lowest BCUT2D eigenvalue weighted by molar-refractivity contribution is 0.586. The van der Waals surface area contributed by atoms with Crippen LogP contribution in [0, 0.1) is 13.8 Å². The number of imidazole rings is 1. The van der Waals surface area contributed by atoms with Gasteiger partial charge in [-0.3, -0.25) is 0 Å². The van der Waals surface area contributed by atoms with Gasteiger partial charge in [0.1, 0.15) is 11.8 Å². The van der Waals surface area contributed by atoms with Crippen molar-refractivity contribution in [1.29, 1.82) is 0 Å². The molecular weight excluding hydrogens is 266 g/mol. The third-order valence-corrected chi connectivity index (χ3v) is 3.53. The molecule has 0 atom stereocenters. The number of fused-ring (bicyclic) bond motifs is 1. The van der Waals surface area contributed by atoms with Crippen molar-refractivity contribution < 1.29 is 0 Å². The number of hydrogen-bond acceptors (Lipinski definition) is 5. The average Bonchev–Trinajstić information content (AvgIpc) is 3.02. The smallest absolute Gasteiger partial charge is 0.182 e. The number of nitrogens with zero attached hydrogens (tertiary/aromatic N) is 5. The zero-order valence-corrected chi connectivity index (χ0v) is 12.7. The Morgan fingerprint density at radius 3 is 2.81 bits per heavy atom. The first-order valence-corrected chi connectivity index (χ1v) is 7.01. The lowest BCUT2D eigenvalue weighted by atomic mass is 10.2. The molecule has 3 aromatic heterocycles. The predicted octanol–water partition coefficient (Wildman–Crippen LogP) is 1.65. The maximum Gasteiger partial charge on any atom is 0.182 e. The number of rotatable bonds is 4. The van der Waals surface area contributed by atoms with Crippen LogP contribution < -0.4 is 5.32 Å². The fourth-order valence-electron chi connectivity index (χ4n) is 2.36. The summed E-state index contributed by atoms with van der Waals surface area (Å²) >= 11 is 0. The fraction of sp³-hybridized carbons (Fsp3) is 0.429. The van der Waals surface area contributed by atoms with Crippen LogP contribution in [0.2, 0.25) is 0 Å². The third-order valence-electron chi connectivity index (χ3n) is 3.53. The molecule has 0 aliphatic heterocycles. The summed E-state index contributed by atoms with van der Waals surface area (Å²) in [6, 6.07) is 0.436. The van der Waals surface area contributed by atoms with Crippen LogP contribution in [0.15, 0.2) is 12.7 Å². The van der Waals surface area contributed by atoms with E-state index in [2.05, 4.69) is 51.1 Å². The molecule has 2 N–H and O–H groups in total. The summed E-state index contributed by atoms with van der Waals surface area (Å²) in [6.45, 7) is 9.14. The van der Waals surface area contributed by atoms with Crippen molar-refractivity contribution in [3.8, 4) is 5.82 Å². The van der Waals surface area contributed by atoms with Gasteiger partial charge in [-0.1, -0.05) is 13.8 Å². The van der Waals surface area contributed by atoms with Gasteiger partial charge >= 0.3 is 0 Å². The first-order chi connectivity index (χ1) is 10.1. The molecule has 0 aliphatic rings. The molecule has 0 fully saturated rings. The number of nitrogens with one attached hydrogen (secondary N) is 2. The van der Waals surface area contributed by atoms with Gasteiger partial charge in [0.05, 0.1) is 12.0 Å². The van der Waals surface area contributed by atoms with Crippen LogP contribution in [0.25, 0.3) is 17.0 Å². The molecule has 0 saturated heterocycles. The van der Waals surface area contributed by atoms with Gasteiger partial charge in [0.25, 0.3) is 0 Å². The zero-order valence-electron chi connectivity index (χ0n) is 12.7. The van der Waals surface area contributed by atoms with E-state index < -0.39 is 0 Å². The molecule has 3 heterocycles. The van der Waals surface area contributed by atoms with Crippen LogP contribution in [-0.4, -0.2) is 35.8 Å². The molecule has 7 nitrogen and oxygen atoms in total. The zero-order chi connectivity index (χ0) is 15.0. The van der Waals surface area contributed by atoms with E-state index in [0.717, 1.165) is 29.3 Å². The predicted molar refractivity (Wildman–Crippen MR) is 80.3 cm³/mol. The normalized spacial score (nSPS) is 11.7. The number of aromatic nitrogens is 6. The Kier molecular flexibility index (Phi) is 3.42. The van der Waals surface area contributed by atoms with Crippen LogP contribution in [0.4, 0.5) is 0 Å². The molecule has 7 heteroatoms. The quantitative estimate of drug-likeness (QED) is 0.761. The number of H-pyrrole nitrogens is 1. The summed E-state index contributed by atoms with van der Waals surface area (Å²) in [5, 5.41) is 8.06. The SMILES string of the molecule is Cc1nn(-c2ncnc3nc[nH]c23)c(C)c1CNC(C)C. The fourth-order valence-corrected chi connectivity index (χ4v) is 2.36. The molecule has 21 heavy (non-hydrogen) atoms. The lowest BCUT2D eigenvalue weighted by Crippen LogP contribution is -2.22. The first-order valence-electron chi connectivity index (χ1n) is 7.01. The molecule has 0 amide bonds. The maximum absolute atomic E-state index is 4.63. The van der Waals surface area contributed by atoms with Gasteiger partial charge in [0.2, 0.25) is 0 Å². The Bertz CT molecular complexity index is 769. The molecule has 0 spiro atoms. The van der Waals surface area contributed by atoms with E-state index in [9.17, 15) is 0 Å². The minimum atomic E-state index is 0.436. The number of aromatic amines is 1. The van der Waals surface area contributed by atoms with E-state index in [4.69, 9.17) is 0 Å². The second-order valence-corrected chi connectivity index (χ2v) is 5.40. The molecule has 0 bridgehead atoms. The summed E-state index contributed by atoms with van der Waals surface area (Å²) in [6.07, 6.45) is 3.14. The van der Waals surface area contributed by atoms with Gasteiger partial charge < -0.3 is 10.3 Å². The highest BCUT2D eigenvalue weighted by atomic mass is 15.3. The first kappa shape index (κ1) is 13.7. The van der Waals surface area contributed by atoms with E-state index in [-0.39, 0.29) is 0 Å². The molecule has 0 aliphatic carbocycles. The highest BCUT2D eigenvalue weighted by molar-refractivity contribution is 5.77. The molecule has 3 aromatic rings. The van der Waals surface area contributed by atoms with Crippen LogP contribution in [0.1, 0.15) is 30.8 Å². The number of hydrogen-bond donors (Lipinski definition) is 2. The van der Waals surface area contributed by atoms with Gasteiger partial charge in [0, 0.05) is 23.8 Å². The standard InChI is InChI=1S/C14H19N7/c1-8(2)15-5-11-9(3)20-21(10(11)4)14-12-13(17-6-16-12)18-7-19-14/h6-8,15H,5H2,1-4H3,(H,16,17,18,19). The van der Waals surface area contributed by atoms with E-state index in [1.807, 2.05) is 11.6 Å². The van der Waals surface area contributed by atoms with E-state index in [0.29, 0.717) is 11.7 Å². The van der Waals surface area contributed by atoms with E-state index in [1.165, 1.54) is 11.9 Å². The van der Waals surface area contributed by atoms with Gasteiger partial charge in [-0.15, -0.1) is 0 Å². The minimum Gasteiger partial charge on any atom is -0.340 e. The Morgan fingerprint density at radius 2 is 2.05 bits per heavy atom. The minimum absolute atomic E-state index is 0.436. The molecule has 110 valence electrons. The van der Waals surface area contributed by atoms with Crippen LogP contribution >= 0.6 is 0 Å². The molecule has 0 unspecified atom stereocenters. The molecule has 0 aromatic carbocycles. The van der Waals surface area contributed by atoms with Gasteiger partial charge in [-0.25, -0.2) is 19.6 Å². The monoisotopic (exact) mass is 285 g/mol. The Morgan fingerprint density at radius 1 is 1.24 bits per heavy atom. The summed E-state index contributed by atoms with van der Waals surface area (Å²) in [7, 11) is 0. The largest absolute Gasteiger partial charge is 0.340 e. The van der Waals surface area contributed by atoms with Gasteiger partial charge in [-0.2, -0.15) is 5.10 Å². The Balaban J connectivity index is 2.07. The second kappa shape index (κ2) is 5.25. The van der Waals surface area contributed by atoms with E-state index >= 15 is 0 Å². The van der Waals surface area contributed by atoms with Crippen LogP contribution in [0.3, 0.4) is 0 Å². The highest BCUT2D eigenvalue weighted by Gasteiger charge is 2.16. The Labute approximate surface area is 122 Å². The van der Waals surface area contributed by atoms with Crippen molar-refractivity contribution in [2.24, 2.45) is 0 Å². The van der Waals surface area contributed by atoms with Crippen molar-refractivity contribution in [2.45, 2.75) is 40.3 Å². The maximum atomic E-state index is 4.63. The average molecular weight is 285 g/mol. The summed E-state index contributed by atoms with van der Waals surface area (Å²) in [5.41, 5.74) is 4.73. The van der Waals surface area contributed by atoms with Crippen molar-refractivity contribution in [3.05, 3.63) is 29.6 Å². The van der Waals surface area contributed by atoms with E-state index in [1.54, 1.807) is 6.33 Å². The number of aryl methyl sites for hydroxylation is 1. The van der Waals surface area contributed by atoms with Crippen molar-refractivity contribution >= 4 is 11.2 Å². The molecular formula is C14H19N7. The van der Waals surface area contributed by atoms with Crippen molar-refractivity contribution in [2.75, 3.05) is 0 Å². The summed E-state index contributed by atoms with van der Waals surface area (Å²) in [4.78, 5) is 15.7. The van der Waals surface area contributed by atoms with Crippen molar-refractivity contribution in [1.82, 2.24) is 35.0 Å². The molecule has 0 radical (unpaired) electrons. The Hall–Kier alpha value is -2.28. The van der Waals surface area contributed by atoms with Crippen LogP contribution in [0.5, 0.6) is 0 Å². The van der Waals surface area contributed by atoms with Crippen LogP contribution in [-0.2, 0) is 6.54 Å². The summed E-state index contributed by atoms with van der Waals surface area (Å²) in [5.74, 6) is 0.730.